The second kappa shape index (κ2) is 7.22. The van der Waals surface area contributed by atoms with Gasteiger partial charge in [0.1, 0.15) is 0 Å². The summed E-state index contributed by atoms with van der Waals surface area (Å²) in [6, 6.07) is 8.76. The zero-order valence-corrected chi connectivity index (χ0v) is 16.1. The highest BCUT2D eigenvalue weighted by atomic mass is 35.5. The van der Waals surface area contributed by atoms with E-state index in [1.54, 1.807) is 28.7 Å². The van der Waals surface area contributed by atoms with Crippen molar-refractivity contribution in [3.63, 3.8) is 0 Å². The molecule has 0 atom stereocenters. The molecule has 1 saturated heterocycles. The second-order valence-corrected chi connectivity index (χ2v) is 8.05. The van der Waals surface area contributed by atoms with E-state index in [-0.39, 0.29) is 5.69 Å². The average Bonchev–Trinajstić information content (AvgIpc) is 3.33. The Bertz CT molecular complexity index is 921. The van der Waals surface area contributed by atoms with Crippen LogP contribution < -0.4 is 9.80 Å². The molecule has 134 valence electrons. The summed E-state index contributed by atoms with van der Waals surface area (Å²) in [5.41, 5.74) is 1.89. The van der Waals surface area contributed by atoms with Gasteiger partial charge in [-0.1, -0.05) is 17.7 Å². The van der Waals surface area contributed by atoms with Gasteiger partial charge in [0.15, 0.2) is 5.13 Å². The number of rotatable bonds is 4. The van der Waals surface area contributed by atoms with Gasteiger partial charge in [-0.3, -0.25) is 10.1 Å². The summed E-state index contributed by atoms with van der Waals surface area (Å²) in [7, 11) is 0. The molecule has 0 saturated carbocycles. The molecule has 3 heterocycles. The van der Waals surface area contributed by atoms with Gasteiger partial charge in [0.05, 0.1) is 26.2 Å². The first-order valence-electron chi connectivity index (χ1n) is 8.05. The van der Waals surface area contributed by atoms with Crippen molar-refractivity contribution in [2.24, 2.45) is 0 Å². The van der Waals surface area contributed by atoms with Gasteiger partial charge in [-0.2, -0.15) is 0 Å². The Kier molecular flexibility index (Phi) is 4.80. The zero-order valence-electron chi connectivity index (χ0n) is 13.7. The van der Waals surface area contributed by atoms with Gasteiger partial charge < -0.3 is 9.80 Å². The van der Waals surface area contributed by atoms with Crippen LogP contribution in [0.5, 0.6) is 0 Å². The van der Waals surface area contributed by atoms with Crippen molar-refractivity contribution in [3.05, 3.63) is 56.2 Å². The van der Waals surface area contributed by atoms with Gasteiger partial charge in [-0.25, -0.2) is 4.98 Å². The van der Waals surface area contributed by atoms with Crippen molar-refractivity contribution in [2.45, 2.75) is 0 Å². The smallest absolute Gasteiger partial charge is 0.271 e. The molecule has 0 bridgehead atoms. The van der Waals surface area contributed by atoms with Crippen LogP contribution in [0.15, 0.2) is 41.1 Å². The normalized spacial score (nSPS) is 14.7. The molecular formula is C17H15ClN4O2S2. The van der Waals surface area contributed by atoms with E-state index < -0.39 is 4.92 Å². The number of nitrogens with zero attached hydrogens (tertiary/aromatic N) is 4. The van der Waals surface area contributed by atoms with E-state index in [4.69, 9.17) is 16.6 Å². The van der Waals surface area contributed by atoms with E-state index in [1.165, 1.54) is 17.0 Å². The lowest BCUT2D eigenvalue weighted by atomic mass is 10.2. The molecule has 1 aromatic carbocycles. The van der Waals surface area contributed by atoms with E-state index in [0.717, 1.165) is 42.7 Å². The van der Waals surface area contributed by atoms with Gasteiger partial charge in [0, 0.05) is 43.7 Å². The van der Waals surface area contributed by atoms with E-state index >= 15 is 0 Å². The van der Waals surface area contributed by atoms with Crippen molar-refractivity contribution in [1.82, 2.24) is 4.98 Å². The molecule has 3 aromatic rings. The average molecular weight is 407 g/mol. The van der Waals surface area contributed by atoms with E-state index in [2.05, 4.69) is 26.6 Å². The molecule has 0 spiro atoms. The number of benzene rings is 1. The number of non-ortho nitro benzene ring substituents is 1. The maximum absolute atomic E-state index is 10.8. The predicted molar refractivity (Wildman–Crippen MR) is 108 cm³/mol. The number of nitro groups is 1. The van der Waals surface area contributed by atoms with Crippen molar-refractivity contribution in [1.29, 1.82) is 0 Å². The Balaban J connectivity index is 1.44. The minimum Gasteiger partial charge on any atom is -0.367 e. The third kappa shape index (κ3) is 3.40. The topological polar surface area (TPSA) is 62.5 Å². The number of halogens is 1. The van der Waals surface area contributed by atoms with Crippen LogP contribution in [-0.2, 0) is 0 Å². The van der Waals surface area contributed by atoms with Crippen molar-refractivity contribution >= 4 is 50.8 Å². The molecule has 9 heteroatoms. The van der Waals surface area contributed by atoms with Crippen LogP contribution in [0.25, 0.3) is 10.6 Å². The lowest BCUT2D eigenvalue weighted by Crippen LogP contribution is -2.46. The van der Waals surface area contributed by atoms with E-state index in [1.807, 2.05) is 6.07 Å². The Morgan fingerprint density at radius 3 is 2.54 bits per heavy atom. The van der Waals surface area contributed by atoms with Crippen molar-refractivity contribution in [3.8, 4) is 10.6 Å². The Hall–Kier alpha value is -2.16. The maximum atomic E-state index is 10.8. The Morgan fingerprint density at radius 2 is 1.88 bits per heavy atom. The molecular weight excluding hydrogens is 392 g/mol. The summed E-state index contributed by atoms with van der Waals surface area (Å²) in [6.07, 6.45) is 0. The van der Waals surface area contributed by atoms with Crippen LogP contribution in [-0.4, -0.2) is 36.1 Å². The monoisotopic (exact) mass is 406 g/mol. The highest BCUT2D eigenvalue weighted by molar-refractivity contribution is 7.16. The summed E-state index contributed by atoms with van der Waals surface area (Å²) < 4.78 is 0. The first-order valence-corrected chi connectivity index (χ1v) is 10.2. The van der Waals surface area contributed by atoms with Gasteiger partial charge >= 0.3 is 0 Å². The van der Waals surface area contributed by atoms with Gasteiger partial charge in [0.2, 0.25) is 0 Å². The number of nitro benzene ring substituents is 1. The van der Waals surface area contributed by atoms with Crippen molar-refractivity contribution < 1.29 is 4.92 Å². The van der Waals surface area contributed by atoms with E-state index in [9.17, 15) is 10.1 Å². The minimum absolute atomic E-state index is 0.0151. The van der Waals surface area contributed by atoms with Gasteiger partial charge in [0.25, 0.3) is 5.69 Å². The molecule has 0 N–H and O–H groups in total. The molecule has 1 aliphatic heterocycles. The Labute approximate surface area is 163 Å². The zero-order chi connectivity index (χ0) is 18.1. The third-order valence-electron chi connectivity index (χ3n) is 4.30. The molecule has 26 heavy (non-hydrogen) atoms. The second-order valence-electron chi connectivity index (χ2n) is 5.86. The third-order valence-corrected chi connectivity index (χ3v) is 6.40. The number of hydrogen-bond acceptors (Lipinski definition) is 7. The number of anilines is 2. The number of thiazole rings is 1. The Morgan fingerprint density at radius 1 is 1.12 bits per heavy atom. The van der Waals surface area contributed by atoms with Crippen LogP contribution in [0.4, 0.5) is 16.5 Å². The molecule has 1 aliphatic rings. The fourth-order valence-corrected chi connectivity index (χ4v) is 4.89. The fourth-order valence-electron chi connectivity index (χ4n) is 2.95. The lowest BCUT2D eigenvalue weighted by molar-refractivity contribution is -0.384. The molecule has 0 unspecified atom stereocenters. The standard InChI is InChI=1S/C17H15ClN4O2S2/c18-13-10-12(22(23)24)3-4-15(13)20-5-7-21(8-6-20)17-19-14(11-26-17)16-2-1-9-25-16/h1-4,9-11H,5-8H2. The SMILES string of the molecule is O=[N+]([O-])c1ccc(N2CCN(c3nc(-c4cccs4)cs3)CC2)c(Cl)c1. The van der Waals surface area contributed by atoms with Gasteiger partial charge in [-0.05, 0) is 17.5 Å². The molecule has 0 radical (unpaired) electrons. The summed E-state index contributed by atoms with van der Waals surface area (Å²) in [5, 5.41) is 16.5. The minimum atomic E-state index is -0.429. The number of aromatic nitrogens is 1. The highest BCUT2D eigenvalue weighted by Crippen LogP contribution is 2.33. The largest absolute Gasteiger partial charge is 0.367 e. The quantitative estimate of drug-likeness (QED) is 0.461. The fraction of sp³-hybridized carbons (Fsp3) is 0.235. The molecule has 6 nitrogen and oxygen atoms in total. The van der Waals surface area contributed by atoms with E-state index in [0.29, 0.717) is 5.02 Å². The molecule has 0 aliphatic carbocycles. The van der Waals surface area contributed by atoms with Crippen LogP contribution >= 0.6 is 34.3 Å². The predicted octanol–water partition coefficient (Wildman–Crippen LogP) is 4.76. The first kappa shape index (κ1) is 17.3. The summed E-state index contributed by atoms with van der Waals surface area (Å²) in [4.78, 5) is 20.8. The maximum Gasteiger partial charge on any atom is 0.271 e. The molecule has 2 aromatic heterocycles. The van der Waals surface area contributed by atoms with Crippen LogP contribution in [0.1, 0.15) is 0 Å². The molecule has 4 rings (SSSR count). The van der Waals surface area contributed by atoms with Crippen LogP contribution in [0, 0.1) is 10.1 Å². The lowest BCUT2D eigenvalue weighted by Gasteiger charge is -2.36. The number of thiophene rings is 1. The number of piperazine rings is 1. The summed E-state index contributed by atoms with van der Waals surface area (Å²) in [5.74, 6) is 0. The van der Waals surface area contributed by atoms with Crippen LogP contribution in [0.2, 0.25) is 5.02 Å². The first-order chi connectivity index (χ1) is 12.6. The van der Waals surface area contributed by atoms with Crippen LogP contribution in [0.3, 0.4) is 0 Å². The summed E-state index contributed by atoms with van der Waals surface area (Å²) >= 11 is 9.61. The molecule has 0 amide bonds. The van der Waals surface area contributed by atoms with Crippen molar-refractivity contribution in [2.75, 3.05) is 36.0 Å². The number of hydrogen-bond donors (Lipinski definition) is 0. The molecule has 1 fully saturated rings. The summed E-state index contributed by atoms with van der Waals surface area (Å²) in [6.45, 7) is 3.27. The van der Waals surface area contributed by atoms with Gasteiger partial charge in [-0.15, -0.1) is 22.7 Å². The highest BCUT2D eigenvalue weighted by Gasteiger charge is 2.22.